The van der Waals surface area contributed by atoms with Crippen LogP contribution in [0.15, 0.2) is 35.7 Å². The van der Waals surface area contributed by atoms with Crippen molar-refractivity contribution in [1.29, 1.82) is 0 Å². The van der Waals surface area contributed by atoms with Crippen LogP contribution in [0.2, 0.25) is 0 Å². The van der Waals surface area contributed by atoms with E-state index in [1.165, 1.54) is 21.6 Å². The van der Waals surface area contributed by atoms with Gasteiger partial charge < -0.3 is 5.32 Å². The Hall–Kier alpha value is -1.12. The van der Waals surface area contributed by atoms with Gasteiger partial charge in [0.05, 0.1) is 6.04 Å². The molecule has 1 atom stereocenters. The molecule has 0 aliphatic heterocycles. The lowest BCUT2D eigenvalue weighted by Gasteiger charge is -2.22. The summed E-state index contributed by atoms with van der Waals surface area (Å²) in [5, 5.41) is 5.86. The number of rotatable bonds is 4. The highest BCUT2D eigenvalue weighted by Crippen LogP contribution is 2.28. The molecule has 0 amide bonds. The Kier molecular flexibility index (Phi) is 4.66. The average molecular weight is 287 g/mol. The van der Waals surface area contributed by atoms with Gasteiger partial charge in [-0.15, -0.1) is 11.3 Å². The second kappa shape index (κ2) is 6.11. The maximum Gasteiger partial charge on any atom is 0.0584 e. The third-order valence-corrected chi connectivity index (χ3v) is 4.48. The third-order valence-electron chi connectivity index (χ3n) is 3.60. The normalized spacial score (nSPS) is 13.4. The van der Waals surface area contributed by atoms with Gasteiger partial charge in [-0.1, -0.05) is 52.0 Å². The van der Waals surface area contributed by atoms with Crippen molar-refractivity contribution >= 4 is 11.3 Å². The molecule has 108 valence electrons. The van der Waals surface area contributed by atoms with Gasteiger partial charge in [0.25, 0.3) is 0 Å². The predicted octanol–water partition coefficient (Wildman–Crippen LogP) is 5.05. The summed E-state index contributed by atoms with van der Waals surface area (Å²) in [6.07, 6.45) is 0. The van der Waals surface area contributed by atoms with Crippen LogP contribution in [0.5, 0.6) is 0 Å². The van der Waals surface area contributed by atoms with Crippen molar-refractivity contribution < 1.29 is 0 Å². The predicted molar refractivity (Wildman–Crippen MR) is 89.7 cm³/mol. The van der Waals surface area contributed by atoms with Crippen LogP contribution in [-0.4, -0.2) is 6.54 Å². The fourth-order valence-corrected chi connectivity index (χ4v) is 3.15. The molecule has 2 heteroatoms. The SMILES string of the molecule is CCNC(c1ccc(C(C)(C)C)cc1)c1csc(C)c1. The zero-order valence-electron chi connectivity index (χ0n) is 13.2. The number of benzene rings is 1. The van der Waals surface area contributed by atoms with E-state index >= 15 is 0 Å². The molecule has 1 aromatic heterocycles. The molecule has 0 spiro atoms. The van der Waals surface area contributed by atoms with E-state index < -0.39 is 0 Å². The Morgan fingerprint density at radius 1 is 1.10 bits per heavy atom. The topological polar surface area (TPSA) is 12.0 Å². The summed E-state index contributed by atoms with van der Waals surface area (Å²) in [6, 6.07) is 11.6. The molecule has 1 N–H and O–H groups in total. The molecule has 0 saturated heterocycles. The molecule has 1 aromatic carbocycles. The van der Waals surface area contributed by atoms with E-state index in [2.05, 4.69) is 75.6 Å². The van der Waals surface area contributed by atoms with Crippen molar-refractivity contribution in [3.63, 3.8) is 0 Å². The van der Waals surface area contributed by atoms with Gasteiger partial charge in [0, 0.05) is 4.88 Å². The van der Waals surface area contributed by atoms with Gasteiger partial charge in [0.1, 0.15) is 0 Å². The summed E-state index contributed by atoms with van der Waals surface area (Å²) < 4.78 is 0. The maximum absolute atomic E-state index is 3.59. The van der Waals surface area contributed by atoms with Gasteiger partial charge in [-0.2, -0.15) is 0 Å². The summed E-state index contributed by atoms with van der Waals surface area (Å²) >= 11 is 1.82. The van der Waals surface area contributed by atoms with E-state index in [9.17, 15) is 0 Å². The summed E-state index contributed by atoms with van der Waals surface area (Å²) in [6.45, 7) is 12.1. The van der Waals surface area contributed by atoms with Crippen molar-refractivity contribution in [1.82, 2.24) is 5.32 Å². The summed E-state index contributed by atoms with van der Waals surface area (Å²) in [4.78, 5) is 1.37. The number of hydrogen-bond donors (Lipinski definition) is 1. The summed E-state index contributed by atoms with van der Waals surface area (Å²) in [5.41, 5.74) is 4.32. The summed E-state index contributed by atoms with van der Waals surface area (Å²) in [5.74, 6) is 0. The lowest BCUT2D eigenvalue weighted by molar-refractivity contribution is 0.587. The number of thiophene rings is 1. The van der Waals surface area contributed by atoms with Crippen LogP contribution in [0, 0.1) is 6.92 Å². The smallest absolute Gasteiger partial charge is 0.0584 e. The van der Waals surface area contributed by atoms with Gasteiger partial charge in [0.15, 0.2) is 0 Å². The van der Waals surface area contributed by atoms with E-state index in [0.717, 1.165) is 6.54 Å². The molecule has 20 heavy (non-hydrogen) atoms. The summed E-state index contributed by atoms with van der Waals surface area (Å²) in [7, 11) is 0. The van der Waals surface area contributed by atoms with Crippen LogP contribution in [0.25, 0.3) is 0 Å². The zero-order chi connectivity index (χ0) is 14.8. The molecule has 0 bridgehead atoms. The van der Waals surface area contributed by atoms with Gasteiger partial charge >= 0.3 is 0 Å². The first-order chi connectivity index (χ1) is 9.41. The van der Waals surface area contributed by atoms with Gasteiger partial charge in [-0.25, -0.2) is 0 Å². The van der Waals surface area contributed by atoms with Crippen LogP contribution < -0.4 is 5.32 Å². The fourth-order valence-electron chi connectivity index (χ4n) is 2.42. The first-order valence-corrected chi connectivity index (χ1v) is 8.18. The monoisotopic (exact) mass is 287 g/mol. The highest BCUT2D eigenvalue weighted by atomic mass is 32.1. The zero-order valence-corrected chi connectivity index (χ0v) is 14.0. The average Bonchev–Trinajstić information content (AvgIpc) is 2.81. The molecule has 1 heterocycles. The van der Waals surface area contributed by atoms with Crippen LogP contribution in [0.3, 0.4) is 0 Å². The molecule has 0 fully saturated rings. The first kappa shape index (κ1) is 15.3. The van der Waals surface area contributed by atoms with E-state index in [1.807, 2.05) is 11.3 Å². The minimum Gasteiger partial charge on any atom is -0.307 e. The van der Waals surface area contributed by atoms with Crippen LogP contribution in [-0.2, 0) is 5.41 Å². The van der Waals surface area contributed by atoms with Crippen molar-refractivity contribution in [2.75, 3.05) is 6.54 Å². The molecule has 0 saturated carbocycles. The fraction of sp³-hybridized carbons (Fsp3) is 0.444. The van der Waals surface area contributed by atoms with Crippen LogP contribution in [0.1, 0.15) is 55.3 Å². The first-order valence-electron chi connectivity index (χ1n) is 7.30. The molecule has 1 nitrogen and oxygen atoms in total. The Morgan fingerprint density at radius 2 is 1.75 bits per heavy atom. The van der Waals surface area contributed by atoms with Gasteiger partial charge in [0.2, 0.25) is 0 Å². The quantitative estimate of drug-likeness (QED) is 0.829. The molecule has 0 aliphatic rings. The Balaban J connectivity index is 2.30. The second-order valence-electron chi connectivity index (χ2n) is 6.35. The second-order valence-corrected chi connectivity index (χ2v) is 7.47. The molecule has 0 aliphatic carbocycles. The lowest BCUT2D eigenvalue weighted by Crippen LogP contribution is -2.21. The van der Waals surface area contributed by atoms with Crippen molar-refractivity contribution in [3.8, 4) is 0 Å². The van der Waals surface area contributed by atoms with Crippen molar-refractivity contribution in [2.45, 2.75) is 46.1 Å². The minimum atomic E-state index is 0.213. The molecular weight excluding hydrogens is 262 g/mol. The maximum atomic E-state index is 3.59. The number of aryl methyl sites for hydroxylation is 1. The standard InChI is InChI=1S/C18H25NS/c1-6-19-17(15-11-13(2)20-12-15)14-7-9-16(10-8-14)18(3,4)5/h7-12,17,19H,6H2,1-5H3. The Bertz CT molecular complexity index is 546. The Labute approximate surface area is 127 Å². The van der Waals surface area contributed by atoms with Crippen LogP contribution >= 0.6 is 11.3 Å². The van der Waals surface area contributed by atoms with E-state index in [4.69, 9.17) is 0 Å². The van der Waals surface area contributed by atoms with Crippen molar-refractivity contribution in [2.24, 2.45) is 0 Å². The highest BCUT2D eigenvalue weighted by Gasteiger charge is 2.17. The van der Waals surface area contributed by atoms with E-state index in [0.29, 0.717) is 6.04 Å². The Morgan fingerprint density at radius 3 is 2.20 bits per heavy atom. The molecular formula is C18H25NS. The molecule has 2 aromatic rings. The van der Waals surface area contributed by atoms with Crippen LogP contribution in [0.4, 0.5) is 0 Å². The van der Waals surface area contributed by atoms with E-state index in [-0.39, 0.29) is 5.41 Å². The van der Waals surface area contributed by atoms with Gasteiger partial charge in [-0.3, -0.25) is 0 Å². The number of nitrogens with one attached hydrogen (secondary N) is 1. The van der Waals surface area contributed by atoms with Crippen molar-refractivity contribution in [3.05, 3.63) is 57.3 Å². The third kappa shape index (κ3) is 3.50. The number of hydrogen-bond acceptors (Lipinski definition) is 2. The van der Waals surface area contributed by atoms with Gasteiger partial charge in [-0.05, 0) is 47.0 Å². The molecule has 1 unspecified atom stereocenters. The molecule has 0 radical (unpaired) electrons. The highest BCUT2D eigenvalue weighted by molar-refractivity contribution is 7.10. The lowest BCUT2D eigenvalue weighted by atomic mass is 9.86. The van der Waals surface area contributed by atoms with E-state index in [1.54, 1.807) is 0 Å². The minimum absolute atomic E-state index is 0.213. The molecule has 2 rings (SSSR count). The largest absolute Gasteiger partial charge is 0.307 e.